The minimum atomic E-state index is 0.0760. The predicted molar refractivity (Wildman–Crippen MR) is 91.4 cm³/mol. The maximum atomic E-state index is 5.64. The summed E-state index contributed by atoms with van der Waals surface area (Å²) in [7, 11) is 2.06. The Morgan fingerprint density at radius 1 is 1.52 bits per heavy atom. The maximum Gasteiger partial charge on any atom is 0.127 e. The smallest absolute Gasteiger partial charge is 0.127 e. The molecule has 1 saturated heterocycles. The summed E-state index contributed by atoms with van der Waals surface area (Å²) in [6, 6.07) is 0.290. The van der Waals surface area contributed by atoms with Crippen LogP contribution in [-0.4, -0.2) is 45.7 Å². The van der Waals surface area contributed by atoms with Crippen molar-refractivity contribution in [3.63, 3.8) is 0 Å². The highest BCUT2D eigenvalue weighted by atomic mass is 32.1. The minimum absolute atomic E-state index is 0.0760. The SMILES string of the molecule is CCOC(C)c1nc(CN2CCNCC2c2nccn2C)cs1. The highest BCUT2D eigenvalue weighted by molar-refractivity contribution is 7.09. The third-order valence-corrected chi connectivity index (χ3v) is 5.26. The van der Waals surface area contributed by atoms with Crippen LogP contribution in [-0.2, 0) is 18.3 Å². The molecule has 7 heteroatoms. The number of ether oxygens (including phenoxy) is 1. The summed E-state index contributed by atoms with van der Waals surface area (Å²) in [5.41, 5.74) is 1.12. The van der Waals surface area contributed by atoms with Crippen molar-refractivity contribution in [3.05, 3.63) is 34.3 Å². The van der Waals surface area contributed by atoms with Gasteiger partial charge in [-0.05, 0) is 13.8 Å². The number of aromatic nitrogens is 3. The van der Waals surface area contributed by atoms with Crippen molar-refractivity contribution in [2.24, 2.45) is 7.05 Å². The highest BCUT2D eigenvalue weighted by Crippen LogP contribution is 2.25. The van der Waals surface area contributed by atoms with Gasteiger partial charge in [0.25, 0.3) is 0 Å². The van der Waals surface area contributed by atoms with Gasteiger partial charge in [0.05, 0.1) is 11.7 Å². The van der Waals surface area contributed by atoms with E-state index in [0.29, 0.717) is 6.04 Å². The van der Waals surface area contributed by atoms with Crippen molar-refractivity contribution in [1.82, 2.24) is 24.8 Å². The van der Waals surface area contributed by atoms with Gasteiger partial charge in [0.15, 0.2) is 0 Å². The van der Waals surface area contributed by atoms with Crippen LogP contribution >= 0.6 is 11.3 Å². The molecule has 0 saturated carbocycles. The van der Waals surface area contributed by atoms with Crippen LogP contribution in [0, 0.1) is 0 Å². The van der Waals surface area contributed by atoms with Gasteiger partial charge in [-0.1, -0.05) is 0 Å². The largest absolute Gasteiger partial charge is 0.372 e. The Balaban J connectivity index is 1.71. The van der Waals surface area contributed by atoms with Crippen molar-refractivity contribution < 1.29 is 4.74 Å². The average molecular weight is 335 g/mol. The van der Waals surface area contributed by atoms with Crippen LogP contribution in [0.3, 0.4) is 0 Å². The molecule has 3 heterocycles. The second-order valence-electron chi connectivity index (χ2n) is 5.86. The number of hydrogen-bond acceptors (Lipinski definition) is 6. The Kier molecular flexibility index (Phi) is 5.42. The molecule has 23 heavy (non-hydrogen) atoms. The standard InChI is InChI=1S/C16H25N5OS/c1-4-22-12(2)16-19-13(11-23-16)10-21-8-5-17-9-14(21)15-18-6-7-20(15)3/h6-7,11-12,14,17H,4-5,8-10H2,1-3H3. The zero-order valence-corrected chi connectivity index (χ0v) is 14.8. The maximum absolute atomic E-state index is 5.64. The van der Waals surface area contributed by atoms with E-state index in [1.165, 1.54) is 0 Å². The zero-order valence-electron chi connectivity index (χ0n) is 14.0. The minimum Gasteiger partial charge on any atom is -0.372 e. The Labute approximate surface area is 141 Å². The van der Waals surface area contributed by atoms with Crippen molar-refractivity contribution in [2.75, 3.05) is 26.2 Å². The van der Waals surface area contributed by atoms with Crippen molar-refractivity contribution in [1.29, 1.82) is 0 Å². The number of nitrogens with one attached hydrogen (secondary N) is 1. The number of piperazine rings is 1. The molecule has 2 aromatic rings. The Morgan fingerprint density at radius 2 is 2.39 bits per heavy atom. The summed E-state index contributed by atoms with van der Waals surface area (Å²) < 4.78 is 7.74. The van der Waals surface area contributed by atoms with Crippen molar-refractivity contribution >= 4 is 11.3 Å². The molecule has 0 radical (unpaired) electrons. The number of hydrogen-bond donors (Lipinski definition) is 1. The fourth-order valence-corrected chi connectivity index (χ4v) is 3.81. The molecule has 1 aliphatic rings. The summed E-state index contributed by atoms with van der Waals surface area (Å²) in [5, 5.41) is 6.69. The summed E-state index contributed by atoms with van der Waals surface area (Å²) in [5.74, 6) is 1.11. The van der Waals surface area contributed by atoms with Crippen LogP contribution < -0.4 is 5.32 Å². The molecule has 2 atom stereocenters. The first kappa shape index (κ1) is 16.6. The van der Waals surface area contributed by atoms with Gasteiger partial charge in [-0.2, -0.15) is 0 Å². The molecular formula is C16H25N5OS. The number of nitrogens with zero attached hydrogens (tertiary/aromatic N) is 4. The normalized spacial score (nSPS) is 20.7. The van der Waals surface area contributed by atoms with E-state index in [4.69, 9.17) is 9.72 Å². The molecule has 1 aliphatic heterocycles. The molecule has 3 rings (SSSR count). The van der Waals surface area contributed by atoms with E-state index in [9.17, 15) is 0 Å². The molecule has 0 aliphatic carbocycles. The molecule has 126 valence electrons. The van der Waals surface area contributed by atoms with Crippen LogP contribution in [0.2, 0.25) is 0 Å². The number of thiazole rings is 1. The fraction of sp³-hybridized carbons (Fsp3) is 0.625. The average Bonchev–Trinajstić information content (AvgIpc) is 3.17. The lowest BCUT2D eigenvalue weighted by Gasteiger charge is -2.35. The summed E-state index contributed by atoms with van der Waals surface area (Å²) >= 11 is 1.69. The number of rotatable bonds is 6. The van der Waals surface area contributed by atoms with Gasteiger partial charge >= 0.3 is 0 Å². The van der Waals surface area contributed by atoms with Gasteiger partial charge in [0.2, 0.25) is 0 Å². The van der Waals surface area contributed by atoms with Crippen LogP contribution in [0.15, 0.2) is 17.8 Å². The van der Waals surface area contributed by atoms with Gasteiger partial charge in [-0.3, -0.25) is 4.90 Å². The monoisotopic (exact) mass is 335 g/mol. The molecule has 1 N–H and O–H groups in total. The molecule has 2 aromatic heterocycles. The molecule has 0 spiro atoms. The fourth-order valence-electron chi connectivity index (χ4n) is 3.00. The second kappa shape index (κ2) is 7.53. The molecule has 0 aromatic carbocycles. The molecular weight excluding hydrogens is 310 g/mol. The number of aryl methyl sites for hydroxylation is 1. The molecule has 0 amide bonds. The van der Waals surface area contributed by atoms with Crippen LogP contribution in [0.5, 0.6) is 0 Å². The van der Waals surface area contributed by atoms with Crippen LogP contribution in [0.25, 0.3) is 0 Å². The summed E-state index contributed by atoms with van der Waals surface area (Å²) in [6.45, 7) is 8.59. The third-order valence-electron chi connectivity index (χ3n) is 4.21. The van der Waals surface area contributed by atoms with Crippen molar-refractivity contribution in [3.8, 4) is 0 Å². The third kappa shape index (κ3) is 3.80. The lowest BCUT2D eigenvalue weighted by atomic mass is 10.1. The van der Waals surface area contributed by atoms with E-state index in [0.717, 1.165) is 49.3 Å². The Morgan fingerprint density at radius 3 is 3.13 bits per heavy atom. The van der Waals surface area contributed by atoms with Crippen LogP contribution in [0.1, 0.15) is 42.5 Å². The lowest BCUT2D eigenvalue weighted by Crippen LogP contribution is -2.46. The second-order valence-corrected chi connectivity index (χ2v) is 6.75. The first-order valence-electron chi connectivity index (χ1n) is 8.17. The van der Waals surface area contributed by atoms with Gasteiger partial charge in [-0.15, -0.1) is 11.3 Å². The molecule has 1 fully saturated rings. The topological polar surface area (TPSA) is 55.2 Å². The van der Waals surface area contributed by atoms with Gasteiger partial charge in [0, 0.05) is 57.6 Å². The highest BCUT2D eigenvalue weighted by Gasteiger charge is 2.27. The van der Waals surface area contributed by atoms with Gasteiger partial charge < -0.3 is 14.6 Å². The molecule has 0 bridgehead atoms. The van der Waals surface area contributed by atoms with Gasteiger partial charge in [0.1, 0.15) is 16.9 Å². The number of imidazole rings is 1. The molecule has 6 nitrogen and oxygen atoms in total. The van der Waals surface area contributed by atoms with E-state index < -0.39 is 0 Å². The summed E-state index contributed by atoms with van der Waals surface area (Å²) in [6.07, 6.45) is 3.95. The summed E-state index contributed by atoms with van der Waals surface area (Å²) in [4.78, 5) is 11.8. The van der Waals surface area contributed by atoms with E-state index in [-0.39, 0.29) is 6.10 Å². The first-order valence-corrected chi connectivity index (χ1v) is 9.05. The van der Waals surface area contributed by atoms with E-state index in [2.05, 4.69) is 39.1 Å². The van der Waals surface area contributed by atoms with E-state index in [1.54, 1.807) is 11.3 Å². The predicted octanol–water partition coefficient (Wildman–Crippen LogP) is 2.12. The first-order chi connectivity index (χ1) is 11.2. The quantitative estimate of drug-likeness (QED) is 0.876. The van der Waals surface area contributed by atoms with E-state index >= 15 is 0 Å². The molecule has 2 unspecified atom stereocenters. The van der Waals surface area contributed by atoms with Crippen LogP contribution in [0.4, 0.5) is 0 Å². The Bertz CT molecular complexity index is 626. The zero-order chi connectivity index (χ0) is 16.2. The van der Waals surface area contributed by atoms with Crippen molar-refractivity contribution in [2.45, 2.75) is 32.5 Å². The lowest BCUT2D eigenvalue weighted by molar-refractivity contribution is 0.0758. The Hall–Kier alpha value is -1.28. The van der Waals surface area contributed by atoms with Gasteiger partial charge in [-0.25, -0.2) is 9.97 Å². The van der Waals surface area contributed by atoms with E-state index in [1.807, 2.05) is 19.3 Å².